The van der Waals surface area contributed by atoms with E-state index in [1.54, 1.807) is 0 Å². The maximum atomic E-state index is 13.1. The molecule has 0 bridgehead atoms. The number of carbonyl (C=O) groups is 4. The second-order valence-corrected chi connectivity index (χ2v) is 31.7. The van der Waals surface area contributed by atoms with Gasteiger partial charge < -0.3 is 33.8 Å². The molecule has 3 unspecified atom stereocenters. The van der Waals surface area contributed by atoms with Gasteiger partial charge >= 0.3 is 39.5 Å². The Morgan fingerprint density at radius 1 is 0.320 bits per heavy atom. The van der Waals surface area contributed by atoms with Gasteiger partial charge in [-0.1, -0.05) is 323 Å². The molecule has 0 saturated carbocycles. The molecule has 0 spiro atoms. The van der Waals surface area contributed by atoms with Crippen molar-refractivity contribution in [3.63, 3.8) is 0 Å². The van der Waals surface area contributed by atoms with Gasteiger partial charge in [-0.25, -0.2) is 9.13 Å². The summed E-state index contributed by atoms with van der Waals surface area (Å²) < 4.78 is 68.5. The van der Waals surface area contributed by atoms with Crippen molar-refractivity contribution in [2.75, 3.05) is 39.6 Å². The highest BCUT2D eigenvalue weighted by Gasteiger charge is 2.30. The van der Waals surface area contributed by atoms with Crippen LogP contribution in [0.15, 0.2) is 24.3 Å². The first-order valence-corrected chi connectivity index (χ1v) is 42.7. The number of esters is 4. The third-order valence-corrected chi connectivity index (χ3v) is 19.4. The van der Waals surface area contributed by atoms with Crippen LogP contribution in [-0.4, -0.2) is 96.7 Å². The summed E-state index contributed by atoms with van der Waals surface area (Å²) in [6.45, 7) is 11.8. The van der Waals surface area contributed by atoms with E-state index in [1.165, 1.54) is 161 Å². The minimum atomic E-state index is -4.96. The van der Waals surface area contributed by atoms with Crippen molar-refractivity contribution in [1.82, 2.24) is 0 Å². The maximum absolute atomic E-state index is 13.1. The number of allylic oxidation sites excluding steroid dienone is 4. The monoisotopic (exact) mass is 1420 g/mol. The van der Waals surface area contributed by atoms with Gasteiger partial charge in [0.25, 0.3) is 0 Å². The van der Waals surface area contributed by atoms with Crippen molar-refractivity contribution in [3.8, 4) is 0 Å². The second-order valence-electron chi connectivity index (χ2n) is 28.8. The molecule has 0 aliphatic heterocycles. The smallest absolute Gasteiger partial charge is 0.462 e. The number of phosphoric ester groups is 2. The zero-order valence-corrected chi connectivity index (χ0v) is 64.8. The molecule has 0 rings (SSSR count). The first-order valence-electron chi connectivity index (χ1n) is 39.7. The van der Waals surface area contributed by atoms with Crippen LogP contribution in [0.2, 0.25) is 0 Å². The zero-order chi connectivity index (χ0) is 71.6. The van der Waals surface area contributed by atoms with E-state index >= 15 is 0 Å². The zero-order valence-electron chi connectivity index (χ0n) is 63.0. The van der Waals surface area contributed by atoms with Crippen LogP contribution in [0.4, 0.5) is 0 Å². The SMILES string of the molecule is CCCCCC/C=C\C=C/CCCCCCCC(=O)OC[C@H](COP(=O)(O)OCC(O)COP(=O)(O)OC[C@@H](COC(=O)CCCCCCCCC(C)C)OC(=O)CCCCCCCCCCCCCCCCCCCCC(C)C)OC(=O)CCCCCCCCCCCC(C)C. The van der Waals surface area contributed by atoms with Gasteiger partial charge in [-0.05, 0) is 69.1 Å². The van der Waals surface area contributed by atoms with Gasteiger partial charge in [0.1, 0.15) is 19.3 Å². The summed E-state index contributed by atoms with van der Waals surface area (Å²) in [6.07, 6.45) is 58.0. The number of aliphatic hydroxyl groups excluding tert-OH is 1. The van der Waals surface area contributed by atoms with Crippen LogP contribution in [0.3, 0.4) is 0 Å². The Morgan fingerprint density at radius 2 is 0.557 bits per heavy atom. The Kier molecular flexibility index (Phi) is 66.3. The van der Waals surface area contributed by atoms with Crippen molar-refractivity contribution in [2.24, 2.45) is 17.8 Å². The lowest BCUT2D eigenvalue weighted by Crippen LogP contribution is -2.30. The molecule has 0 radical (unpaired) electrons. The number of hydrogen-bond donors (Lipinski definition) is 3. The van der Waals surface area contributed by atoms with E-state index < -0.39 is 97.5 Å². The molecule has 0 aromatic heterocycles. The summed E-state index contributed by atoms with van der Waals surface area (Å²) in [7, 11) is -9.92. The van der Waals surface area contributed by atoms with Crippen molar-refractivity contribution in [2.45, 2.75) is 394 Å². The van der Waals surface area contributed by atoms with Crippen LogP contribution in [0, 0.1) is 17.8 Å². The molecule has 0 fully saturated rings. The highest BCUT2D eigenvalue weighted by molar-refractivity contribution is 7.47. The first-order chi connectivity index (χ1) is 46.7. The maximum Gasteiger partial charge on any atom is 0.472 e. The van der Waals surface area contributed by atoms with Gasteiger partial charge in [-0.15, -0.1) is 0 Å². The Morgan fingerprint density at radius 3 is 0.835 bits per heavy atom. The largest absolute Gasteiger partial charge is 0.472 e. The van der Waals surface area contributed by atoms with Crippen LogP contribution >= 0.6 is 15.6 Å². The van der Waals surface area contributed by atoms with Gasteiger partial charge in [0.05, 0.1) is 26.4 Å². The fourth-order valence-corrected chi connectivity index (χ4v) is 13.0. The van der Waals surface area contributed by atoms with Gasteiger partial charge in [0, 0.05) is 25.7 Å². The van der Waals surface area contributed by atoms with Crippen LogP contribution < -0.4 is 0 Å². The molecule has 0 amide bonds. The van der Waals surface area contributed by atoms with E-state index in [2.05, 4.69) is 72.8 Å². The normalized spacial score (nSPS) is 14.2. The molecule has 0 aliphatic carbocycles. The summed E-state index contributed by atoms with van der Waals surface area (Å²) in [5, 5.41) is 10.6. The lowest BCUT2D eigenvalue weighted by atomic mass is 10.0. The predicted octanol–water partition coefficient (Wildman–Crippen LogP) is 22.5. The quantitative estimate of drug-likeness (QED) is 0.0169. The minimum Gasteiger partial charge on any atom is -0.462 e. The molecule has 572 valence electrons. The van der Waals surface area contributed by atoms with Crippen LogP contribution in [0.25, 0.3) is 0 Å². The van der Waals surface area contributed by atoms with Gasteiger partial charge in [0.2, 0.25) is 0 Å². The van der Waals surface area contributed by atoms with E-state index in [4.69, 9.17) is 37.0 Å². The molecule has 5 atom stereocenters. The average Bonchev–Trinajstić information content (AvgIpc) is 1.29. The number of rotatable bonds is 74. The molecule has 0 saturated heterocycles. The molecular formula is C78H148O17P2. The number of ether oxygens (including phenoxy) is 4. The van der Waals surface area contributed by atoms with E-state index in [0.29, 0.717) is 31.6 Å². The highest BCUT2D eigenvalue weighted by atomic mass is 31.2. The Bertz CT molecular complexity index is 1980. The number of carbonyl (C=O) groups excluding carboxylic acids is 4. The van der Waals surface area contributed by atoms with Crippen molar-refractivity contribution in [1.29, 1.82) is 0 Å². The molecule has 0 aromatic rings. The summed E-state index contributed by atoms with van der Waals surface area (Å²) in [5.41, 5.74) is 0. The van der Waals surface area contributed by atoms with Gasteiger partial charge in [-0.2, -0.15) is 0 Å². The third kappa shape index (κ3) is 71.7. The van der Waals surface area contributed by atoms with E-state index in [-0.39, 0.29) is 25.7 Å². The summed E-state index contributed by atoms with van der Waals surface area (Å²) in [6, 6.07) is 0. The number of aliphatic hydroxyl groups is 1. The number of unbranched alkanes of at least 4 members (excludes halogenated alkanes) is 39. The summed E-state index contributed by atoms with van der Waals surface area (Å²) in [4.78, 5) is 72.8. The molecule has 3 N–H and O–H groups in total. The van der Waals surface area contributed by atoms with E-state index in [0.717, 1.165) is 127 Å². The Labute approximate surface area is 592 Å². The van der Waals surface area contributed by atoms with Crippen molar-refractivity contribution >= 4 is 39.5 Å². The van der Waals surface area contributed by atoms with E-state index in [9.17, 15) is 43.2 Å². The van der Waals surface area contributed by atoms with Crippen LogP contribution in [0.5, 0.6) is 0 Å². The van der Waals surface area contributed by atoms with Crippen molar-refractivity contribution < 1.29 is 80.2 Å². The second kappa shape index (κ2) is 68.0. The van der Waals surface area contributed by atoms with E-state index in [1.807, 2.05) is 0 Å². The first kappa shape index (κ1) is 94.5. The number of hydrogen-bond acceptors (Lipinski definition) is 15. The van der Waals surface area contributed by atoms with Crippen LogP contribution in [-0.2, 0) is 65.4 Å². The van der Waals surface area contributed by atoms with Crippen molar-refractivity contribution in [3.05, 3.63) is 24.3 Å². The fourth-order valence-electron chi connectivity index (χ4n) is 11.4. The predicted molar refractivity (Wildman–Crippen MR) is 395 cm³/mol. The topological polar surface area (TPSA) is 237 Å². The molecule has 19 heteroatoms. The lowest BCUT2D eigenvalue weighted by Gasteiger charge is -2.21. The molecule has 17 nitrogen and oxygen atoms in total. The fraction of sp³-hybridized carbons (Fsp3) is 0.897. The molecule has 0 heterocycles. The molecule has 97 heavy (non-hydrogen) atoms. The Balaban J connectivity index is 5.20. The molecule has 0 aromatic carbocycles. The minimum absolute atomic E-state index is 0.0981. The molecular weight excluding hydrogens is 1270 g/mol. The third-order valence-electron chi connectivity index (χ3n) is 17.5. The Hall–Kier alpha value is -2.46. The summed E-state index contributed by atoms with van der Waals surface area (Å²) >= 11 is 0. The van der Waals surface area contributed by atoms with Gasteiger partial charge in [0.15, 0.2) is 12.2 Å². The molecule has 0 aliphatic rings. The van der Waals surface area contributed by atoms with Gasteiger partial charge in [-0.3, -0.25) is 37.3 Å². The summed E-state index contributed by atoms with van der Waals surface area (Å²) in [5.74, 6) is 0.0807. The average molecular weight is 1420 g/mol. The highest BCUT2D eigenvalue weighted by Crippen LogP contribution is 2.45. The lowest BCUT2D eigenvalue weighted by molar-refractivity contribution is -0.161. The number of phosphoric acid groups is 2. The van der Waals surface area contributed by atoms with Crippen LogP contribution in [0.1, 0.15) is 376 Å². The standard InChI is InChI=1S/C78H148O17P2/c1-8-9-10-11-12-13-14-15-20-24-27-32-37-45-52-59-75(80)88-65-73(94-78(83)62-55-48-39-34-29-31-36-43-50-57-70(4)5)67-92-96(84,85)90-63-72(79)64-91-97(86,87)93-68-74(66-89-76(81)60-53-46-41-40-44-51-58-71(6)7)95-77(82)61-54-47-38-33-28-25-22-19-17-16-18-21-23-26-30-35-42-49-56-69(2)3/h13-15,20,69-74,79H,8-12,16-19,21-68H2,1-7H3,(H,84,85)(H,86,87)/b14-13-,20-15-/t72?,73-,74-/m1/s1.